The Bertz CT molecular complexity index is 952. The second kappa shape index (κ2) is 10.2. The molecule has 1 aliphatic rings. The molecular formula is C19H23N5O8. The molecule has 0 bridgehead atoms. The van der Waals surface area contributed by atoms with Crippen molar-refractivity contribution in [1.82, 2.24) is 20.1 Å². The largest absolute Gasteiger partial charge is 0.461 e. The number of carbonyl (C=O) groups is 3. The first-order valence-corrected chi connectivity index (χ1v) is 9.62. The smallest absolute Gasteiger partial charge is 0.408 e. The van der Waals surface area contributed by atoms with Gasteiger partial charge in [-0.25, -0.2) is 19.3 Å². The monoisotopic (exact) mass is 449 g/mol. The van der Waals surface area contributed by atoms with E-state index in [0.717, 1.165) is 16.6 Å². The van der Waals surface area contributed by atoms with Crippen LogP contribution in [0.15, 0.2) is 36.7 Å². The molecule has 13 heteroatoms. The lowest BCUT2D eigenvalue weighted by atomic mass is 10.1. The minimum Gasteiger partial charge on any atom is -0.461 e. The van der Waals surface area contributed by atoms with E-state index in [1.807, 2.05) is 6.07 Å². The third-order valence-electron chi connectivity index (χ3n) is 4.62. The Morgan fingerprint density at radius 2 is 1.94 bits per heavy atom. The highest BCUT2D eigenvalue weighted by Crippen LogP contribution is 2.29. The summed E-state index contributed by atoms with van der Waals surface area (Å²) < 4.78 is 16.6. The van der Waals surface area contributed by atoms with Crippen molar-refractivity contribution in [1.29, 1.82) is 0 Å². The second-order valence-electron chi connectivity index (χ2n) is 7.02. The summed E-state index contributed by atoms with van der Waals surface area (Å²) in [6.45, 7) is 1.03. The highest BCUT2D eigenvalue weighted by atomic mass is 16.6. The van der Waals surface area contributed by atoms with Crippen LogP contribution in [-0.2, 0) is 25.6 Å². The van der Waals surface area contributed by atoms with Crippen LogP contribution in [0.1, 0.15) is 29.3 Å². The van der Waals surface area contributed by atoms with Gasteiger partial charge in [0.1, 0.15) is 43.9 Å². The quantitative estimate of drug-likeness (QED) is 0.358. The molecule has 13 nitrogen and oxygen atoms in total. The highest BCUT2D eigenvalue weighted by Gasteiger charge is 2.45. The van der Waals surface area contributed by atoms with Gasteiger partial charge in [-0.2, -0.15) is 0 Å². The van der Waals surface area contributed by atoms with Crippen LogP contribution in [0.3, 0.4) is 0 Å². The van der Waals surface area contributed by atoms with Gasteiger partial charge in [0.05, 0.1) is 0 Å². The number of aliphatic hydroxyl groups is 2. The lowest BCUT2D eigenvalue weighted by molar-refractivity contribution is -0.152. The van der Waals surface area contributed by atoms with Crippen molar-refractivity contribution < 1.29 is 38.8 Å². The van der Waals surface area contributed by atoms with Gasteiger partial charge in [-0.15, -0.1) is 5.10 Å². The van der Waals surface area contributed by atoms with Gasteiger partial charge in [-0.1, -0.05) is 30.3 Å². The number of rotatable bonds is 8. The molecule has 1 aromatic heterocycles. The zero-order valence-electron chi connectivity index (χ0n) is 17.0. The Morgan fingerprint density at radius 3 is 2.59 bits per heavy atom. The molecule has 3 rings (SSSR count). The fraction of sp³-hybridized carbons (Fsp3) is 0.421. The molecule has 1 aliphatic heterocycles. The molecule has 0 spiro atoms. The van der Waals surface area contributed by atoms with Gasteiger partial charge in [0.15, 0.2) is 6.23 Å². The maximum absolute atomic E-state index is 12.2. The van der Waals surface area contributed by atoms with E-state index in [-0.39, 0.29) is 12.4 Å². The fourth-order valence-electron chi connectivity index (χ4n) is 2.89. The van der Waals surface area contributed by atoms with Crippen molar-refractivity contribution in [2.24, 2.45) is 5.73 Å². The molecular weight excluding hydrogens is 426 g/mol. The average Bonchev–Trinajstić information content (AvgIpc) is 3.37. The number of nitrogens with one attached hydrogen (secondary N) is 1. The number of hydrogen-bond donors (Lipinski definition) is 4. The predicted molar refractivity (Wildman–Crippen MR) is 105 cm³/mol. The van der Waals surface area contributed by atoms with Crippen LogP contribution in [0.2, 0.25) is 0 Å². The van der Waals surface area contributed by atoms with Gasteiger partial charge in [0.25, 0.3) is 5.91 Å². The van der Waals surface area contributed by atoms with E-state index in [2.05, 4.69) is 15.4 Å². The van der Waals surface area contributed by atoms with Gasteiger partial charge in [-0.05, 0) is 12.5 Å². The Hall–Kier alpha value is -3.55. The number of benzene rings is 1. The number of aromatic nitrogens is 3. The number of nitrogens with zero attached hydrogens (tertiary/aromatic N) is 3. The molecule has 0 aliphatic carbocycles. The van der Waals surface area contributed by atoms with Crippen molar-refractivity contribution in [3.63, 3.8) is 0 Å². The van der Waals surface area contributed by atoms with E-state index >= 15 is 0 Å². The van der Waals surface area contributed by atoms with Crippen LogP contribution in [0.4, 0.5) is 4.79 Å². The van der Waals surface area contributed by atoms with Crippen LogP contribution < -0.4 is 11.1 Å². The lowest BCUT2D eigenvalue weighted by Crippen LogP contribution is -2.41. The number of hydrogen-bond acceptors (Lipinski definition) is 10. The number of nitrogens with two attached hydrogens (primary N) is 1. The number of ether oxygens (including phenoxy) is 3. The second-order valence-corrected chi connectivity index (χ2v) is 7.02. The molecule has 2 amide bonds. The fourth-order valence-corrected chi connectivity index (χ4v) is 2.89. The van der Waals surface area contributed by atoms with E-state index in [0.29, 0.717) is 0 Å². The summed E-state index contributed by atoms with van der Waals surface area (Å²) in [5, 5.41) is 26.5. The topological polar surface area (TPSA) is 188 Å². The van der Waals surface area contributed by atoms with Crippen molar-refractivity contribution in [3.05, 3.63) is 48.0 Å². The van der Waals surface area contributed by atoms with Gasteiger partial charge in [0.2, 0.25) is 5.82 Å². The molecule has 1 aromatic carbocycles. The van der Waals surface area contributed by atoms with Crippen molar-refractivity contribution in [3.8, 4) is 0 Å². The van der Waals surface area contributed by atoms with Gasteiger partial charge >= 0.3 is 12.1 Å². The first-order valence-electron chi connectivity index (χ1n) is 9.62. The van der Waals surface area contributed by atoms with Gasteiger partial charge in [0, 0.05) is 0 Å². The Kier molecular flexibility index (Phi) is 7.35. The lowest BCUT2D eigenvalue weighted by Gasteiger charge is -2.17. The van der Waals surface area contributed by atoms with E-state index in [9.17, 15) is 24.6 Å². The van der Waals surface area contributed by atoms with Crippen LogP contribution in [0.5, 0.6) is 0 Å². The summed E-state index contributed by atoms with van der Waals surface area (Å²) in [7, 11) is 0. The predicted octanol–water partition coefficient (Wildman–Crippen LogP) is -1.15. The molecule has 5 atom stereocenters. The van der Waals surface area contributed by atoms with Crippen molar-refractivity contribution in [2.75, 3.05) is 6.61 Å². The Balaban J connectivity index is 1.46. The minimum absolute atomic E-state index is 0.0373. The molecule has 32 heavy (non-hydrogen) atoms. The summed E-state index contributed by atoms with van der Waals surface area (Å²) in [5.74, 6) is -1.96. The summed E-state index contributed by atoms with van der Waals surface area (Å²) in [6, 6.07) is 7.97. The zero-order valence-corrected chi connectivity index (χ0v) is 17.0. The summed E-state index contributed by atoms with van der Waals surface area (Å²) in [4.78, 5) is 38.8. The summed E-state index contributed by atoms with van der Waals surface area (Å²) in [5.41, 5.74) is 5.87. The minimum atomic E-state index is -1.43. The maximum atomic E-state index is 12.2. The molecule has 3 unspecified atom stereocenters. The normalized spacial score (nSPS) is 23.3. The number of alkyl carbamates (subject to hydrolysis) is 1. The van der Waals surface area contributed by atoms with Crippen molar-refractivity contribution in [2.45, 2.75) is 44.1 Å². The molecule has 1 fully saturated rings. The number of carbonyl (C=O) groups excluding carboxylic acids is 3. The number of esters is 1. The Labute approximate surface area is 182 Å². The molecule has 2 aromatic rings. The van der Waals surface area contributed by atoms with E-state index in [1.165, 1.54) is 6.92 Å². The molecule has 5 N–H and O–H groups in total. The Morgan fingerprint density at radius 1 is 1.22 bits per heavy atom. The number of aliphatic hydroxyl groups excluding tert-OH is 2. The zero-order chi connectivity index (χ0) is 23.3. The molecule has 1 saturated heterocycles. The average molecular weight is 449 g/mol. The van der Waals surface area contributed by atoms with E-state index < -0.39 is 55.2 Å². The maximum Gasteiger partial charge on any atom is 0.408 e. The van der Waals surface area contributed by atoms with E-state index in [1.54, 1.807) is 24.3 Å². The van der Waals surface area contributed by atoms with Gasteiger partial charge < -0.3 is 35.5 Å². The van der Waals surface area contributed by atoms with Crippen LogP contribution >= 0.6 is 0 Å². The third kappa shape index (κ3) is 5.57. The number of primary amides is 1. The third-order valence-corrected chi connectivity index (χ3v) is 4.62. The van der Waals surface area contributed by atoms with Crippen LogP contribution in [0.25, 0.3) is 0 Å². The van der Waals surface area contributed by atoms with E-state index in [4.69, 9.17) is 19.9 Å². The SMILES string of the molecule is C[C@H](NC(=O)OCc1ccccc1)C(=O)OCC1OC(n2cnc(C(N)=O)n2)C(O)[C@@H]1O. The van der Waals surface area contributed by atoms with Gasteiger partial charge in [-0.3, -0.25) is 4.79 Å². The van der Waals surface area contributed by atoms with Crippen molar-refractivity contribution >= 4 is 18.0 Å². The first-order chi connectivity index (χ1) is 15.3. The summed E-state index contributed by atoms with van der Waals surface area (Å²) in [6.07, 6.45) is -4.78. The van der Waals surface area contributed by atoms with Crippen LogP contribution in [0, 0.1) is 0 Å². The molecule has 0 radical (unpaired) electrons. The molecule has 0 saturated carbocycles. The first kappa shape index (κ1) is 23.1. The molecule has 2 heterocycles. The van der Waals surface area contributed by atoms with Crippen LogP contribution in [-0.4, -0.2) is 73.9 Å². The standard InChI is InChI=1S/C19H23N5O8/c1-10(22-19(29)31-7-11-5-3-2-4-6-11)18(28)30-8-12-13(25)14(26)17(32-12)24-9-21-16(23-24)15(20)27/h2-6,9-10,12-14,17,25-26H,7-8H2,1H3,(H2,20,27)(H,22,29)/t10-,12?,13+,14?,17?/m0/s1. The molecule has 172 valence electrons. The number of amides is 2. The summed E-state index contributed by atoms with van der Waals surface area (Å²) >= 11 is 0. The highest BCUT2D eigenvalue weighted by molar-refractivity contribution is 5.88.